The van der Waals surface area contributed by atoms with Crippen molar-refractivity contribution in [2.24, 2.45) is 5.92 Å². The van der Waals surface area contributed by atoms with Crippen LogP contribution in [-0.2, 0) is 0 Å². The van der Waals surface area contributed by atoms with Gasteiger partial charge in [-0.05, 0) is 55.2 Å². The molecule has 4 rings (SSSR count). The molecule has 3 N–H and O–H groups in total. The molecule has 2 aliphatic heterocycles. The number of dihydropyridines is 1. The number of allylic oxidation sites excluding steroid dienone is 2. The Balaban J connectivity index is 1.24. The molecular weight excluding hydrogens is 410 g/mol. The number of likely N-dealkylation sites (tertiary alicyclic amines) is 1. The summed E-state index contributed by atoms with van der Waals surface area (Å²) in [6.45, 7) is 2.92. The van der Waals surface area contributed by atoms with Gasteiger partial charge >= 0.3 is 5.97 Å². The van der Waals surface area contributed by atoms with Gasteiger partial charge in [0.1, 0.15) is 11.6 Å². The van der Waals surface area contributed by atoms with E-state index in [1.807, 2.05) is 12.2 Å². The van der Waals surface area contributed by atoms with Gasteiger partial charge in [0.25, 0.3) is 5.91 Å². The summed E-state index contributed by atoms with van der Waals surface area (Å²) in [4.78, 5) is 25.6. The van der Waals surface area contributed by atoms with Gasteiger partial charge in [-0.3, -0.25) is 4.79 Å². The molecule has 0 bridgehead atoms. The molecule has 9 heteroatoms. The summed E-state index contributed by atoms with van der Waals surface area (Å²) in [5, 5.41) is 22.7. The van der Waals surface area contributed by atoms with Crippen LogP contribution in [0.15, 0.2) is 66.4 Å². The molecule has 9 nitrogen and oxygen atoms in total. The van der Waals surface area contributed by atoms with Gasteiger partial charge < -0.3 is 25.4 Å². The maximum atomic E-state index is 12.2. The molecule has 0 spiro atoms. The van der Waals surface area contributed by atoms with Crippen molar-refractivity contribution in [2.45, 2.75) is 12.8 Å². The zero-order chi connectivity index (χ0) is 22.3. The molecule has 0 unspecified atom stereocenters. The molecule has 1 saturated heterocycles. The summed E-state index contributed by atoms with van der Waals surface area (Å²) < 4.78 is 5.83. The van der Waals surface area contributed by atoms with Crippen LogP contribution in [0.1, 0.15) is 33.6 Å². The average molecular weight is 435 g/mol. The predicted molar refractivity (Wildman–Crippen MR) is 117 cm³/mol. The Morgan fingerprint density at radius 3 is 2.69 bits per heavy atom. The minimum absolute atomic E-state index is 0.209. The average Bonchev–Trinajstić information content (AvgIpc) is 2.84. The number of nitrogens with zero attached hydrogens (tertiary/aromatic N) is 3. The number of benzene rings is 1. The van der Waals surface area contributed by atoms with Crippen molar-refractivity contribution < 1.29 is 19.4 Å². The van der Waals surface area contributed by atoms with E-state index < -0.39 is 5.97 Å². The highest BCUT2D eigenvalue weighted by Crippen LogP contribution is 2.22. The number of carbonyl (C=O) groups excluding carboxylic acids is 1. The Hall–Kier alpha value is -3.88. The van der Waals surface area contributed by atoms with Gasteiger partial charge in [-0.2, -0.15) is 10.2 Å². The van der Waals surface area contributed by atoms with E-state index >= 15 is 0 Å². The standard InChI is InChI=1S/C23H25N5O4/c29-22(18-6-9-25-26-13-18)27-19-4-5-21(24-14-19)28-10-7-16(8-11-28)15-32-20-3-1-2-17(12-20)23(30)31/h1-6,9,12-13,16,24H,7-8,10-11,14-15H2,(H,27,29)(H,30,31). The number of hydrogen-bond donors (Lipinski definition) is 3. The zero-order valence-corrected chi connectivity index (χ0v) is 17.5. The fourth-order valence-electron chi connectivity index (χ4n) is 3.70. The lowest BCUT2D eigenvalue weighted by Crippen LogP contribution is -2.42. The number of aromatic nitrogens is 2. The normalized spacial score (nSPS) is 16.4. The number of ether oxygens (including phenoxy) is 1. The first-order valence-corrected chi connectivity index (χ1v) is 10.5. The van der Waals surface area contributed by atoms with Crippen LogP contribution in [0.4, 0.5) is 0 Å². The van der Waals surface area contributed by atoms with E-state index in [2.05, 4.69) is 25.7 Å². The maximum Gasteiger partial charge on any atom is 0.335 e. The van der Waals surface area contributed by atoms with Crippen LogP contribution >= 0.6 is 0 Å². The number of carboxylic acids is 1. The van der Waals surface area contributed by atoms with Gasteiger partial charge in [0.05, 0.1) is 36.7 Å². The molecule has 2 aliphatic rings. The van der Waals surface area contributed by atoms with Crippen molar-refractivity contribution in [3.05, 3.63) is 77.5 Å². The second-order valence-corrected chi connectivity index (χ2v) is 7.76. The molecule has 2 aromatic rings. The van der Waals surface area contributed by atoms with Crippen molar-refractivity contribution in [1.29, 1.82) is 0 Å². The molecule has 0 radical (unpaired) electrons. The number of rotatable bonds is 7. The summed E-state index contributed by atoms with van der Waals surface area (Å²) in [5.74, 6) is 0.888. The van der Waals surface area contributed by atoms with E-state index in [9.17, 15) is 9.59 Å². The Morgan fingerprint density at radius 1 is 1.16 bits per heavy atom. The van der Waals surface area contributed by atoms with Crippen molar-refractivity contribution in [1.82, 2.24) is 25.7 Å². The van der Waals surface area contributed by atoms with Crippen molar-refractivity contribution in [3.8, 4) is 5.75 Å². The number of carboxylic acid groups (broad SMARTS) is 1. The van der Waals surface area contributed by atoms with E-state index in [0.717, 1.165) is 37.4 Å². The van der Waals surface area contributed by atoms with Crippen LogP contribution < -0.4 is 15.4 Å². The number of amides is 1. The largest absolute Gasteiger partial charge is 0.493 e. The third-order valence-electron chi connectivity index (χ3n) is 5.54. The number of piperidine rings is 1. The van der Waals surface area contributed by atoms with Crippen molar-refractivity contribution in [2.75, 3.05) is 26.2 Å². The van der Waals surface area contributed by atoms with Gasteiger partial charge in [0, 0.05) is 18.8 Å². The van der Waals surface area contributed by atoms with Crippen LogP contribution in [0.5, 0.6) is 5.75 Å². The first kappa shape index (κ1) is 21.4. The molecule has 1 amide bonds. The van der Waals surface area contributed by atoms with Crippen molar-refractivity contribution >= 4 is 11.9 Å². The molecule has 1 fully saturated rings. The highest BCUT2D eigenvalue weighted by molar-refractivity contribution is 5.94. The van der Waals surface area contributed by atoms with Crippen LogP contribution in [0.3, 0.4) is 0 Å². The van der Waals surface area contributed by atoms with Gasteiger partial charge in [-0.15, -0.1) is 0 Å². The zero-order valence-electron chi connectivity index (χ0n) is 17.5. The molecular formula is C23H25N5O4. The van der Waals surface area contributed by atoms with E-state index in [1.54, 1.807) is 30.3 Å². The summed E-state index contributed by atoms with van der Waals surface area (Å²) in [6.07, 6.45) is 8.80. The monoisotopic (exact) mass is 435 g/mol. The van der Waals surface area contributed by atoms with Crippen molar-refractivity contribution in [3.63, 3.8) is 0 Å². The molecule has 0 atom stereocenters. The highest BCUT2D eigenvalue weighted by atomic mass is 16.5. The minimum Gasteiger partial charge on any atom is -0.493 e. The van der Waals surface area contributed by atoms with Gasteiger partial charge in [0.15, 0.2) is 0 Å². The van der Waals surface area contributed by atoms with Gasteiger partial charge in [-0.25, -0.2) is 4.79 Å². The molecule has 32 heavy (non-hydrogen) atoms. The predicted octanol–water partition coefficient (Wildman–Crippen LogP) is 2.02. The molecule has 1 aromatic carbocycles. The molecule has 166 valence electrons. The van der Waals surface area contributed by atoms with Gasteiger partial charge in [0.2, 0.25) is 0 Å². The van der Waals surface area contributed by atoms with E-state index in [1.165, 1.54) is 12.4 Å². The Labute approximate surface area is 185 Å². The van der Waals surface area contributed by atoms with E-state index in [0.29, 0.717) is 30.4 Å². The topological polar surface area (TPSA) is 117 Å². The smallest absolute Gasteiger partial charge is 0.335 e. The third-order valence-corrected chi connectivity index (χ3v) is 5.54. The number of nitrogens with one attached hydrogen (secondary N) is 2. The molecule has 0 saturated carbocycles. The van der Waals surface area contributed by atoms with Crippen LogP contribution in [0.2, 0.25) is 0 Å². The van der Waals surface area contributed by atoms with E-state index in [-0.39, 0.29) is 11.5 Å². The highest BCUT2D eigenvalue weighted by Gasteiger charge is 2.22. The van der Waals surface area contributed by atoms with Crippen LogP contribution in [0, 0.1) is 5.92 Å². The molecule has 1 aromatic heterocycles. The minimum atomic E-state index is -0.955. The Bertz CT molecular complexity index is 1030. The summed E-state index contributed by atoms with van der Waals surface area (Å²) in [5.41, 5.74) is 1.49. The number of carbonyl (C=O) groups is 2. The first-order valence-electron chi connectivity index (χ1n) is 10.5. The van der Waals surface area contributed by atoms with Gasteiger partial charge in [-0.1, -0.05) is 6.07 Å². The second kappa shape index (κ2) is 9.95. The molecule has 3 heterocycles. The summed E-state index contributed by atoms with van der Waals surface area (Å²) in [6, 6.07) is 8.21. The molecule has 0 aliphatic carbocycles. The van der Waals surface area contributed by atoms with Crippen LogP contribution in [-0.4, -0.2) is 58.3 Å². The summed E-state index contributed by atoms with van der Waals surface area (Å²) in [7, 11) is 0. The third kappa shape index (κ3) is 5.42. The van der Waals surface area contributed by atoms with Crippen LogP contribution in [0.25, 0.3) is 0 Å². The lowest BCUT2D eigenvalue weighted by Gasteiger charge is -2.36. The number of hydrogen-bond acceptors (Lipinski definition) is 7. The summed E-state index contributed by atoms with van der Waals surface area (Å²) >= 11 is 0. The second-order valence-electron chi connectivity index (χ2n) is 7.76. The lowest BCUT2D eigenvalue weighted by atomic mass is 9.97. The Kier molecular flexibility index (Phi) is 6.64. The fraction of sp³-hybridized carbons (Fsp3) is 0.304. The number of aromatic carboxylic acids is 1. The Morgan fingerprint density at radius 2 is 2.00 bits per heavy atom. The first-order chi connectivity index (χ1) is 15.6. The SMILES string of the molecule is O=C(O)c1cccc(OCC2CCN(C3=CC=C(NC(=O)c4ccnnc4)CN3)CC2)c1. The van der Waals surface area contributed by atoms with E-state index in [4.69, 9.17) is 9.84 Å². The quantitative estimate of drug-likeness (QED) is 0.605. The lowest BCUT2D eigenvalue weighted by molar-refractivity contribution is 0.0696. The maximum absolute atomic E-state index is 12.2. The fourth-order valence-corrected chi connectivity index (χ4v) is 3.70.